The zero-order valence-corrected chi connectivity index (χ0v) is 17.2. The second-order valence-electron chi connectivity index (χ2n) is 5.73. The minimum atomic E-state index is -0.120. The molecule has 2 heterocycles. The summed E-state index contributed by atoms with van der Waals surface area (Å²) in [7, 11) is 1.55. The highest BCUT2D eigenvalue weighted by atomic mass is 35.5. The van der Waals surface area contributed by atoms with Crippen molar-refractivity contribution in [3.8, 4) is 5.75 Å². The molecule has 0 aliphatic rings. The van der Waals surface area contributed by atoms with E-state index < -0.39 is 0 Å². The Morgan fingerprint density at radius 1 is 1.31 bits per heavy atom. The van der Waals surface area contributed by atoms with Crippen LogP contribution >= 0.6 is 34.7 Å². The van der Waals surface area contributed by atoms with Gasteiger partial charge in [0.1, 0.15) is 21.4 Å². The summed E-state index contributed by atoms with van der Waals surface area (Å²) in [6.07, 6.45) is 0. The highest BCUT2D eigenvalue weighted by Crippen LogP contribution is 2.35. The molecule has 0 unspecified atom stereocenters. The molecule has 2 aromatic heterocycles. The predicted molar refractivity (Wildman–Crippen MR) is 109 cm³/mol. The van der Waals surface area contributed by atoms with Crippen molar-refractivity contribution in [3.05, 3.63) is 39.5 Å². The van der Waals surface area contributed by atoms with Crippen LogP contribution in [0.15, 0.2) is 23.2 Å². The Balaban J connectivity index is 1.74. The predicted octanol–water partition coefficient (Wildman–Crippen LogP) is 5.01. The van der Waals surface area contributed by atoms with Crippen LogP contribution in [0.4, 0.5) is 5.69 Å². The Bertz CT molecular complexity index is 988. The average Bonchev–Trinajstić information content (AvgIpc) is 2.87. The molecule has 26 heavy (non-hydrogen) atoms. The first kappa shape index (κ1) is 18.9. The monoisotopic (exact) mass is 407 g/mol. The number of benzene rings is 1. The number of anilines is 1. The van der Waals surface area contributed by atoms with E-state index in [4.69, 9.17) is 16.3 Å². The van der Waals surface area contributed by atoms with Crippen LogP contribution < -0.4 is 10.1 Å². The van der Waals surface area contributed by atoms with E-state index in [1.165, 1.54) is 22.2 Å². The number of nitrogens with one attached hydrogen (secondary N) is 1. The average molecular weight is 408 g/mol. The van der Waals surface area contributed by atoms with Crippen molar-refractivity contribution >= 4 is 56.5 Å². The molecular weight excluding hydrogens is 390 g/mol. The molecule has 3 rings (SSSR count). The maximum Gasteiger partial charge on any atom is 0.234 e. The number of aryl methyl sites for hydroxylation is 3. The minimum Gasteiger partial charge on any atom is -0.495 e. The molecule has 0 atom stereocenters. The minimum absolute atomic E-state index is 0.120. The third-order valence-electron chi connectivity index (χ3n) is 3.88. The summed E-state index contributed by atoms with van der Waals surface area (Å²) in [5.74, 6) is 1.42. The number of amides is 1. The van der Waals surface area contributed by atoms with E-state index in [1.807, 2.05) is 6.92 Å². The fourth-order valence-electron chi connectivity index (χ4n) is 2.49. The number of hydrogen-bond acceptors (Lipinski definition) is 6. The lowest BCUT2D eigenvalue weighted by atomic mass is 10.2. The second kappa shape index (κ2) is 7.82. The number of rotatable bonds is 5. The molecule has 0 aliphatic carbocycles. The van der Waals surface area contributed by atoms with Crippen LogP contribution in [0.5, 0.6) is 5.75 Å². The molecule has 0 spiro atoms. The van der Waals surface area contributed by atoms with Gasteiger partial charge in [-0.15, -0.1) is 11.3 Å². The van der Waals surface area contributed by atoms with Gasteiger partial charge in [-0.25, -0.2) is 9.97 Å². The fourth-order valence-corrected chi connectivity index (χ4v) is 4.82. The maximum absolute atomic E-state index is 12.3. The molecule has 0 saturated heterocycles. The molecule has 136 valence electrons. The molecule has 3 aromatic rings. The van der Waals surface area contributed by atoms with Gasteiger partial charge >= 0.3 is 0 Å². The molecule has 0 bridgehead atoms. The lowest BCUT2D eigenvalue weighted by Gasteiger charge is -2.08. The number of fused-ring (bicyclic) bond motifs is 1. The summed E-state index contributed by atoms with van der Waals surface area (Å²) >= 11 is 9.17. The smallest absolute Gasteiger partial charge is 0.234 e. The first-order valence-corrected chi connectivity index (χ1v) is 10.1. The van der Waals surface area contributed by atoms with Gasteiger partial charge in [0.15, 0.2) is 0 Å². The van der Waals surface area contributed by atoms with E-state index in [2.05, 4.69) is 29.1 Å². The Morgan fingerprint density at radius 2 is 2.08 bits per heavy atom. The summed E-state index contributed by atoms with van der Waals surface area (Å²) in [5, 5.41) is 5.19. The van der Waals surface area contributed by atoms with E-state index >= 15 is 0 Å². The Morgan fingerprint density at radius 3 is 2.77 bits per heavy atom. The number of thioether (sulfide) groups is 1. The highest BCUT2D eigenvalue weighted by molar-refractivity contribution is 8.00. The van der Waals surface area contributed by atoms with Gasteiger partial charge in [0.05, 0.1) is 17.9 Å². The van der Waals surface area contributed by atoms with Crippen LogP contribution in [0.25, 0.3) is 10.2 Å². The van der Waals surface area contributed by atoms with Crippen molar-refractivity contribution in [1.82, 2.24) is 9.97 Å². The third kappa shape index (κ3) is 3.95. The maximum atomic E-state index is 12.3. The van der Waals surface area contributed by atoms with Gasteiger partial charge in [0, 0.05) is 16.0 Å². The third-order valence-corrected chi connectivity index (χ3v) is 6.25. The number of methoxy groups -OCH3 is 1. The number of hydrogen-bond donors (Lipinski definition) is 1. The zero-order chi connectivity index (χ0) is 18.8. The van der Waals surface area contributed by atoms with Crippen LogP contribution in [0.3, 0.4) is 0 Å². The molecule has 1 amide bonds. The standard InChI is InChI=1S/C18H18ClN3O2S2/c1-9-10(2)26-18-16(9)17(20-11(3)21-18)25-8-15(23)22-12-5-6-14(24-4)13(19)7-12/h5-7H,8H2,1-4H3,(H,22,23). The number of nitrogens with zero attached hydrogens (tertiary/aromatic N) is 2. The van der Waals surface area contributed by atoms with Gasteiger partial charge in [0.25, 0.3) is 0 Å². The van der Waals surface area contributed by atoms with Gasteiger partial charge in [-0.1, -0.05) is 23.4 Å². The number of halogens is 1. The van der Waals surface area contributed by atoms with Crippen LogP contribution in [0, 0.1) is 20.8 Å². The van der Waals surface area contributed by atoms with E-state index in [1.54, 1.807) is 36.6 Å². The number of aromatic nitrogens is 2. The SMILES string of the molecule is COc1ccc(NC(=O)CSc2nc(C)nc3sc(C)c(C)c23)cc1Cl. The van der Waals surface area contributed by atoms with E-state index in [0.29, 0.717) is 22.3 Å². The topological polar surface area (TPSA) is 64.1 Å². The number of carbonyl (C=O) groups excluding carboxylic acids is 1. The van der Waals surface area contributed by atoms with E-state index in [9.17, 15) is 4.79 Å². The van der Waals surface area contributed by atoms with Gasteiger partial charge < -0.3 is 10.1 Å². The number of thiophene rings is 1. The normalized spacial score (nSPS) is 11.0. The fraction of sp³-hybridized carbons (Fsp3) is 0.278. The van der Waals surface area contributed by atoms with Crippen molar-refractivity contribution in [1.29, 1.82) is 0 Å². The van der Waals surface area contributed by atoms with Crippen molar-refractivity contribution in [2.24, 2.45) is 0 Å². The van der Waals surface area contributed by atoms with Gasteiger partial charge in [-0.3, -0.25) is 4.79 Å². The molecule has 1 aromatic carbocycles. The quantitative estimate of drug-likeness (QED) is 0.475. The Hall–Kier alpha value is -1.83. The van der Waals surface area contributed by atoms with Gasteiger partial charge in [0.2, 0.25) is 5.91 Å². The summed E-state index contributed by atoms with van der Waals surface area (Å²) in [4.78, 5) is 23.5. The van der Waals surface area contributed by atoms with Crippen molar-refractivity contribution in [3.63, 3.8) is 0 Å². The van der Waals surface area contributed by atoms with E-state index in [-0.39, 0.29) is 11.7 Å². The van der Waals surface area contributed by atoms with Crippen molar-refractivity contribution in [2.45, 2.75) is 25.8 Å². The molecule has 0 aliphatic heterocycles. The summed E-state index contributed by atoms with van der Waals surface area (Å²) in [6, 6.07) is 5.15. The largest absolute Gasteiger partial charge is 0.495 e. The Kier molecular flexibility index (Phi) is 5.70. The van der Waals surface area contributed by atoms with E-state index in [0.717, 1.165) is 15.2 Å². The lowest BCUT2D eigenvalue weighted by Crippen LogP contribution is -2.14. The summed E-state index contributed by atoms with van der Waals surface area (Å²) in [5.41, 5.74) is 1.81. The first-order valence-electron chi connectivity index (χ1n) is 7.89. The highest BCUT2D eigenvalue weighted by Gasteiger charge is 2.15. The lowest BCUT2D eigenvalue weighted by molar-refractivity contribution is -0.113. The summed E-state index contributed by atoms with van der Waals surface area (Å²) < 4.78 is 5.11. The number of ether oxygens (including phenoxy) is 1. The summed E-state index contributed by atoms with van der Waals surface area (Å²) in [6.45, 7) is 6.01. The molecule has 0 saturated carbocycles. The zero-order valence-electron chi connectivity index (χ0n) is 14.8. The van der Waals surface area contributed by atoms with Crippen LogP contribution in [0.2, 0.25) is 5.02 Å². The Labute approximate surface area is 165 Å². The molecule has 8 heteroatoms. The van der Waals surface area contributed by atoms with Crippen molar-refractivity contribution in [2.75, 3.05) is 18.2 Å². The van der Waals surface area contributed by atoms with Crippen LogP contribution in [0.1, 0.15) is 16.3 Å². The molecule has 0 radical (unpaired) electrons. The molecule has 5 nitrogen and oxygen atoms in total. The molecule has 1 N–H and O–H groups in total. The van der Waals surface area contributed by atoms with Crippen molar-refractivity contribution < 1.29 is 9.53 Å². The molecular formula is C18H18ClN3O2S2. The van der Waals surface area contributed by atoms with Gasteiger partial charge in [-0.05, 0) is 44.5 Å². The second-order valence-corrected chi connectivity index (χ2v) is 8.30. The first-order chi connectivity index (χ1) is 12.4. The van der Waals surface area contributed by atoms with Crippen LogP contribution in [-0.2, 0) is 4.79 Å². The number of carbonyl (C=O) groups is 1. The molecule has 0 fully saturated rings. The van der Waals surface area contributed by atoms with Gasteiger partial charge in [-0.2, -0.15) is 0 Å². The van der Waals surface area contributed by atoms with Crippen LogP contribution in [-0.4, -0.2) is 28.7 Å².